The number of para-hydroxylation sites is 2. The molecule has 0 unspecified atom stereocenters. The summed E-state index contributed by atoms with van der Waals surface area (Å²) in [6.07, 6.45) is 0. The molecular weight excluding hydrogens is 342 g/mol. The number of aryl methyl sites for hydroxylation is 2. The molecule has 2 aromatic carbocycles. The zero-order chi connectivity index (χ0) is 22.4. The zero-order valence-corrected chi connectivity index (χ0v) is 19.9. The van der Waals surface area contributed by atoms with E-state index in [0.29, 0.717) is 0 Å². The molecule has 0 radical (unpaired) electrons. The van der Waals surface area contributed by atoms with Crippen molar-refractivity contribution in [1.29, 1.82) is 0 Å². The standard InChI is InChI=1S/C9H9N.C8H10N2.4C2H6/c1-7-6-8-4-2-3-5-9(8)10-7;1-7-5-3-4-6-8(7)10-9-2;4*1-2/h2-6,10H,1H3;3-6,10H,2H2,1H3;4*1-2H3. The first-order chi connectivity index (χ1) is 13.7. The second-order valence-electron chi connectivity index (χ2n) is 4.62. The van der Waals surface area contributed by atoms with Crippen LogP contribution >= 0.6 is 0 Å². The molecule has 0 amide bonds. The monoisotopic (exact) mass is 385 g/mol. The largest absolute Gasteiger partial charge is 0.359 e. The summed E-state index contributed by atoms with van der Waals surface area (Å²) in [5.74, 6) is 0. The number of nitrogens with one attached hydrogen (secondary N) is 2. The molecule has 0 saturated heterocycles. The Hall–Kier alpha value is -2.55. The Morgan fingerprint density at radius 3 is 1.75 bits per heavy atom. The Balaban J connectivity index is -0.000000330. The molecule has 28 heavy (non-hydrogen) atoms. The van der Waals surface area contributed by atoms with Gasteiger partial charge in [-0.1, -0.05) is 91.8 Å². The van der Waals surface area contributed by atoms with Crippen molar-refractivity contribution < 1.29 is 0 Å². The van der Waals surface area contributed by atoms with Crippen LogP contribution < -0.4 is 5.43 Å². The molecule has 3 heteroatoms. The average molecular weight is 386 g/mol. The lowest BCUT2D eigenvalue weighted by molar-refractivity contribution is 1.30. The van der Waals surface area contributed by atoms with Crippen molar-refractivity contribution in [2.75, 3.05) is 5.43 Å². The summed E-state index contributed by atoms with van der Waals surface area (Å²) >= 11 is 0. The van der Waals surface area contributed by atoms with E-state index in [1.54, 1.807) is 0 Å². The van der Waals surface area contributed by atoms with Gasteiger partial charge in [0, 0.05) is 17.9 Å². The molecule has 0 atom stereocenters. The summed E-state index contributed by atoms with van der Waals surface area (Å²) in [6.45, 7) is 23.4. The maximum Gasteiger partial charge on any atom is 0.0590 e. The molecule has 0 aliphatic carbocycles. The Morgan fingerprint density at radius 1 is 0.750 bits per heavy atom. The highest BCUT2D eigenvalue weighted by Crippen LogP contribution is 2.13. The number of fused-ring (bicyclic) bond motifs is 1. The molecule has 0 saturated carbocycles. The number of anilines is 1. The van der Waals surface area contributed by atoms with E-state index in [-0.39, 0.29) is 0 Å². The summed E-state index contributed by atoms with van der Waals surface area (Å²) in [5.41, 5.74) is 7.42. The number of hydrogen-bond donors (Lipinski definition) is 2. The van der Waals surface area contributed by atoms with Gasteiger partial charge in [-0.2, -0.15) is 5.10 Å². The molecule has 3 nitrogen and oxygen atoms in total. The Kier molecular flexibility index (Phi) is 24.2. The van der Waals surface area contributed by atoms with Gasteiger partial charge in [0.2, 0.25) is 0 Å². The first-order valence-corrected chi connectivity index (χ1v) is 10.5. The molecule has 1 aromatic heterocycles. The highest BCUT2D eigenvalue weighted by Gasteiger charge is 1.92. The normalized spacial score (nSPS) is 7.79. The van der Waals surface area contributed by atoms with E-state index in [4.69, 9.17) is 0 Å². The first kappa shape index (κ1) is 30.2. The van der Waals surface area contributed by atoms with Crippen molar-refractivity contribution in [2.24, 2.45) is 5.10 Å². The van der Waals surface area contributed by atoms with Crippen LogP contribution in [0.3, 0.4) is 0 Å². The predicted molar refractivity (Wildman–Crippen MR) is 133 cm³/mol. The molecule has 0 bridgehead atoms. The van der Waals surface area contributed by atoms with Gasteiger partial charge in [-0.05, 0) is 43.0 Å². The smallest absolute Gasteiger partial charge is 0.0590 e. The van der Waals surface area contributed by atoms with Crippen LogP contribution in [-0.2, 0) is 0 Å². The second kappa shape index (κ2) is 22.5. The first-order valence-electron chi connectivity index (χ1n) is 10.5. The number of nitrogens with zero attached hydrogens (tertiary/aromatic N) is 1. The van der Waals surface area contributed by atoms with Gasteiger partial charge in [-0.3, -0.25) is 5.43 Å². The zero-order valence-electron chi connectivity index (χ0n) is 19.9. The molecule has 3 aromatic rings. The summed E-state index contributed by atoms with van der Waals surface area (Å²) < 4.78 is 0. The maximum absolute atomic E-state index is 3.57. The fraction of sp³-hybridized carbons (Fsp3) is 0.400. The lowest BCUT2D eigenvalue weighted by atomic mass is 10.2. The van der Waals surface area contributed by atoms with Gasteiger partial charge in [0.05, 0.1) is 5.69 Å². The number of aromatic amines is 1. The van der Waals surface area contributed by atoms with Crippen LogP contribution in [0.5, 0.6) is 0 Å². The third kappa shape index (κ3) is 12.7. The van der Waals surface area contributed by atoms with E-state index >= 15 is 0 Å². The lowest BCUT2D eigenvalue weighted by Crippen LogP contribution is -1.88. The van der Waals surface area contributed by atoms with Gasteiger partial charge < -0.3 is 4.98 Å². The Bertz CT molecular complexity index is 667. The van der Waals surface area contributed by atoms with Crippen LogP contribution in [0, 0.1) is 13.8 Å². The van der Waals surface area contributed by atoms with E-state index in [1.807, 2.05) is 92.6 Å². The van der Waals surface area contributed by atoms with Gasteiger partial charge in [0.1, 0.15) is 0 Å². The van der Waals surface area contributed by atoms with Crippen molar-refractivity contribution in [3.05, 3.63) is 65.9 Å². The fourth-order valence-corrected chi connectivity index (χ4v) is 2.00. The van der Waals surface area contributed by atoms with Crippen molar-refractivity contribution in [2.45, 2.75) is 69.2 Å². The third-order valence-corrected chi connectivity index (χ3v) is 3.01. The molecule has 158 valence electrons. The number of H-pyrrole nitrogens is 1. The molecular formula is C25H43N3. The van der Waals surface area contributed by atoms with Gasteiger partial charge in [0.15, 0.2) is 0 Å². The Morgan fingerprint density at radius 2 is 1.25 bits per heavy atom. The number of hydrazone groups is 1. The predicted octanol–water partition coefficient (Wildman–Crippen LogP) is 8.60. The number of benzene rings is 2. The van der Waals surface area contributed by atoms with E-state index < -0.39 is 0 Å². The minimum atomic E-state index is 1.01. The molecule has 1 heterocycles. The van der Waals surface area contributed by atoms with E-state index in [9.17, 15) is 0 Å². The van der Waals surface area contributed by atoms with Crippen LogP contribution in [0.1, 0.15) is 66.6 Å². The van der Waals surface area contributed by atoms with Crippen LogP contribution in [0.4, 0.5) is 5.69 Å². The Labute approximate surface area is 174 Å². The number of hydrogen-bond acceptors (Lipinski definition) is 2. The van der Waals surface area contributed by atoms with Gasteiger partial charge >= 0.3 is 0 Å². The molecule has 0 aliphatic rings. The average Bonchev–Trinajstić information content (AvgIpc) is 3.16. The maximum atomic E-state index is 3.57. The fourth-order valence-electron chi connectivity index (χ4n) is 2.00. The van der Waals surface area contributed by atoms with Crippen LogP contribution in [0.15, 0.2) is 59.7 Å². The van der Waals surface area contributed by atoms with Gasteiger partial charge in [0.25, 0.3) is 0 Å². The molecule has 3 rings (SSSR count). The van der Waals surface area contributed by atoms with E-state index in [2.05, 4.69) is 53.4 Å². The van der Waals surface area contributed by atoms with Gasteiger partial charge in [-0.15, -0.1) is 0 Å². The summed E-state index contributed by atoms with van der Waals surface area (Å²) in [4.78, 5) is 3.26. The third-order valence-electron chi connectivity index (χ3n) is 3.01. The molecule has 0 fully saturated rings. The minimum absolute atomic E-state index is 1.01. The topological polar surface area (TPSA) is 40.2 Å². The van der Waals surface area contributed by atoms with E-state index in [1.165, 1.54) is 22.2 Å². The van der Waals surface area contributed by atoms with Crippen LogP contribution in [0.2, 0.25) is 0 Å². The van der Waals surface area contributed by atoms with Crippen LogP contribution in [0.25, 0.3) is 10.9 Å². The highest BCUT2D eigenvalue weighted by molar-refractivity contribution is 5.79. The summed E-state index contributed by atoms with van der Waals surface area (Å²) in [6, 6.07) is 18.4. The lowest BCUT2D eigenvalue weighted by Gasteiger charge is -2.01. The quantitative estimate of drug-likeness (QED) is 0.336. The number of rotatable bonds is 2. The minimum Gasteiger partial charge on any atom is -0.359 e. The van der Waals surface area contributed by atoms with Crippen molar-refractivity contribution >= 4 is 23.3 Å². The SMILES string of the molecule is C=NNc1ccccc1C.CC.CC.CC.CC.Cc1cc2ccccc2[nH]1. The number of aromatic nitrogens is 1. The summed E-state index contributed by atoms with van der Waals surface area (Å²) in [7, 11) is 0. The highest BCUT2D eigenvalue weighted by atomic mass is 15.3. The van der Waals surface area contributed by atoms with Crippen molar-refractivity contribution in [3.8, 4) is 0 Å². The van der Waals surface area contributed by atoms with E-state index in [0.717, 1.165) is 5.69 Å². The molecule has 2 N–H and O–H groups in total. The molecule has 0 aliphatic heterocycles. The van der Waals surface area contributed by atoms with Crippen molar-refractivity contribution in [3.63, 3.8) is 0 Å². The summed E-state index contributed by atoms with van der Waals surface area (Å²) in [5, 5.41) is 4.86. The van der Waals surface area contributed by atoms with Crippen molar-refractivity contribution in [1.82, 2.24) is 4.98 Å². The van der Waals surface area contributed by atoms with Gasteiger partial charge in [-0.25, -0.2) is 0 Å². The van der Waals surface area contributed by atoms with Crippen LogP contribution in [-0.4, -0.2) is 11.7 Å². The molecule has 0 spiro atoms. The second-order valence-corrected chi connectivity index (χ2v) is 4.62.